The number of carbonyl (C=O) groups excluding carboxylic acids is 4. The minimum atomic E-state index is -1.23. The van der Waals surface area contributed by atoms with Gasteiger partial charge >= 0.3 is 23.9 Å². The average molecular weight is 1160 g/mol. The zero-order chi connectivity index (χ0) is 61.0. The van der Waals surface area contributed by atoms with E-state index in [-0.39, 0.29) is 74.7 Å². The number of amides is 3. The van der Waals surface area contributed by atoms with Crippen LogP contribution in [0.15, 0.2) is 109 Å². The average Bonchev–Trinajstić information content (AvgIpc) is 3.89. The molecule has 3 aromatic heterocycles. The van der Waals surface area contributed by atoms with Gasteiger partial charge in [0.1, 0.15) is 28.6 Å². The summed E-state index contributed by atoms with van der Waals surface area (Å²) in [5.74, 6) is 14.1. The van der Waals surface area contributed by atoms with Crippen molar-refractivity contribution in [3.63, 3.8) is 0 Å². The molecule has 0 atom stereocenters. The van der Waals surface area contributed by atoms with Crippen LogP contribution >= 0.6 is 0 Å². The van der Waals surface area contributed by atoms with Gasteiger partial charge in [0.25, 0.3) is 11.8 Å². The zero-order valence-electron chi connectivity index (χ0n) is 47.5. The van der Waals surface area contributed by atoms with Gasteiger partial charge in [-0.15, -0.1) is 5.06 Å². The summed E-state index contributed by atoms with van der Waals surface area (Å²) in [5.41, 5.74) is 5.56. The monoisotopic (exact) mass is 1160 g/mol. The van der Waals surface area contributed by atoms with Gasteiger partial charge in [0, 0.05) is 125 Å². The Morgan fingerprint density at radius 1 is 0.512 bits per heavy atom. The number of hydroxylamine groups is 2. The number of nitrogens with zero attached hydrogens (tertiary/aromatic N) is 7. The number of hydrogen-bond donors (Lipinski definition) is 4. The molecule has 21 nitrogen and oxygen atoms in total. The number of carboxylic acids is 3. The Hall–Kier alpha value is -10.2. The van der Waals surface area contributed by atoms with Crippen molar-refractivity contribution in [2.24, 2.45) is 0 Å². The third kappa shape index (κ3) is 19.2. The molecule has 440 valence electrons. The highest BCUT2D eigenvalue weighted by Crippen LogP contribution is 2.19. The fourth-order valence-corrected chi connectivity index (χ4v) is 9.05. The van der Waals surface area contributed by atoms with Crippen molar-refractivity contribution >= 4 is 41.6 Å². The zero-order valence-corrected chi connectivity index (χ0v) is 47.5. The maximum Gasteiger partial charge on any atom is 0.354 e. The number of carbonyl (C=O) groups is 7. The van der Waals surface area contributed by atoms with Gasteiger partial charge in [-0.2, -0.15) is 0 Å². The number of aromatic nitrogens is 3. The Kier molecular flexibility index (Phi) is 21.8. The first-order valence-corrected chi connectivity index (χ1v) is 27.7. The van der Waals surface area contributed by atoms with Crippen molar-refractivity contribution in [1.82, 2.24) is 40.0 Å². The van der Waals surface area contributed by atoms with E-state index in [1.54, 1.807) is 61.7 Å². The van der Waals surface area contributed by atoms with Gasteiger partial charge in [-0.05, 0) is 117 Å². The van der Waals surface area contributed by atoms with E-state index in [2.05, 4.69) is 70.5 Å². The molecule has 0 unspecified atom stereocenters. The van der Waals surface area contributed by atoms with Gasteiger partial charge in [-0.1, -0.05) is 53.2 Å². The first kappa shape index (κ1) is 61.8. The number of aromatic carboxylic acids is 3. The lowest BCUT2D eigenvalue weighted by molar-refractivity contribution is -0.197. The highest BCUT2D eigenvalue weighted by molar-refractivity contribution is 6.01. The SMILES string of the molecule is COc1ccc(C#Cc2cc(CN3CCN(Cc4cc(C#Cc5ccc(C)cc5)cc(C(=O)O)n4)CCN(Cc4cc(C#Cc5ccc(OCCCNC(=O)CCCC(=O)ON6C(=O)CCC6=O)cc5)cc(C(=O)O)n4)CC3)nc(C(=O)O)c2)cc1. The molecule has 2 aliphatic rings. The minimum absolute atomic E-state index is 0.00298. The molecule has 4 N–H and O–H groups in total. The van der Waals surface area contributed by atoms with Crippen LogP contribution in [-0.2, 0) is 43.7 Å². The van der Waals surface area contributed by atoms with Crippen molar-refractivity contribution in [2.75, 3.05) is 59.5 Å². The number of hydrogen-bond acceptors (Lipinski definition) is 16. The van der Waals surface area contributed by atoms with Gasteiger partial charge in [0.15, 0.2) is 0 Å². The summed E-state index contributed by atoms with van der Waals surface area (Å²) in [4.78, 5) is 110. The standard InChI is InChI=1S/C65H62N8O13/c1-44-7-9-45(10-8-44)11-14-48-35-51(67-56(38-48)63(78)79)41-70-28-30-71(42-52-36-49(39-57(68-52)64(80)81)15-12-46-17-21-54(84-2)22-18-46)32-33-72(31-29-70)43-53-37-50(40-58(69-53)65(82)83)16-13-47-19-23-55(24-20-47)85-34-4-27-66-59(74)5-3-6-62(77)86-73-60(75)25-26-61(73)76/h7-10,17-24,35-40H,3-6,25-34,41-43H2,1-2H3,(H,66,74)(H,78,79)(H,80,81)(H,82,83). The Balaban J connectivity index is 0.941. The lowest BCUT2D eigenvalue weighted by Crippen LogP contribution is -2.36. The number of ether oxygens (including phenoxy) is 2. The number of rotatable bonds is 20. The Labute approximate surface area is 496 Å². The molecular weight excluding hydrogens is 1100 g/mol. The maximum atomic E-state index is 12.5. The van der Waals surface area contributed by atoms with E-state index in [1.165, 1.54) is 18.2 Å². The van der Waals surface area contributed by atoms with Crippen LogP contribution in [0.5, 0.6) is 11.5 Å². The molecule has 86 heavy (non-hydrogen) atoms. The number of pyridine rings is 3. The summed E-state index contributed by atoms with van der Waals surface area (Å²) in [6.45, 7) is 6.33. The number of nitrogens with one attached hydrogen (secondary N) is 1. The predicted molar refractivity (Wildman–Crippen MR) is 312 cm³/mol. The molecule has 2 fully saturated rings. The van der Waals surface area contributed by atoms with Gasteiger partial charge in [0.2, 0.25) is 5.91 Å². The molecule has 0 bridgehead atoms. The van der Waals surface area contributed by atoms with E-state index in [4.69, 9.17) is 14.3 Å². The largest absolute Gasteiger partial charge is 0.497 e. The van der Waals surface area contributed by atoms with E-state index in [0.29, 0.717) is 120 Å². The maximum absolute atomic E-state index is 12.5. The number of benzene rings is 3. The van der Waals surface area contributed by atoms with Crippen LogP contribution in [0.3, 0.4) is 0 Å². The molecule has 2 aliphatic heterocycles. The molecule has 5 heterocycles. The summed E-state index contributed by atoms with van der Waals surface area (Å²) in [5, 5.41) is 33.7. The van der Waals surface area contributed by atoms with Crippen molar-refractivity contribution in [3.8, 4) is 47.0 Å². The normalized spacial score (nSPS) is 13.7. The van der Waals surface area contributed by atoms with E-state index in [0.717, 1.165) is 11.1 Å². The molecule has 3 amide bonds. The second kappa shape index (κ2) is 30.4. The highest BCUT2D eigenvalue weighted by atomic mass is 16.7. The predicted octanol–water partition coefficient (Wildman–Crippen LogP) is 5.97. The van der Waals surface area contributed by atoms with E-state index in [9.17, 15) is 48.9 Å². The van der Waals surface area contributed by atoms with E-state index in [1.807, 2.05) is 43.3 Å². The molecule has 3 aromatic carbocycles. The first-order valence-electron chi connectivity index (χ1n) is 27.7. The molecule has 0 spiro atoms. The summed E-state index contributed by atoms with van der Waals surface area (Å²) < 4.78 is 11.1. The summed E-state index contributed by atoms with van der Waals surface area (Å²) in [6, 6.07) is 31.5. The Morgan fingerprint density at radius 2 is 0.895 bits per heavy atom. The lowest BCUT2D eigenvalue weighted by Gasteiger charge is -2.25. The minimum Gasteiger partial charge on any atom is -0.497 e. The fraction of sp³-hybridized carbons (Fsp3) is 0.292. The second-order valence-corrected chi connectivity index (χ2v) is 20.3. The molecule has 0 radical (unpaired) electrons. The molecule has 2 saturated heterocycles. The van der Waals surface area contributed by atoms with Gasteiger partial charge < -0.3 is 34.9 Å². The lowest BCUT2D eigenvalue weighted by atomic mass is 10.1. The fourth-order valence-electron chi connectivity index (χ4n) is 9.05. The summed E-state index contributed by atoms with van der Waals surface area (Å²) >= 11 is 0. The summed E-state index contributed by atoms with van der Waals surface area (Å²) in [7, 11) is 1.57. The molecule has 21 heteroatoms. The number of aryl methyl sites for hydroxylation is 1. The second-order valence-electron chi connectivity index (χ2n) is 20.3. The molecule has 0 aliphatic carbocycles. The van der Waals surface area contributed by atoms with Crippen LogP contribution in [0.1, 0.15) is 126 Å². The van der Waals surface area contributed by atoms with E-state index >= 15 is 0 Å². The highest BCUT2D eigenvalue weighted by Gasteiger charge is 2.33. The van der Waals surface area contributed by atoms with E-state index < -0.39 is 35.7 Å². The summed E-state index contributed by atoms with van der Waals surface area (Å²) in [6.07, 6.45) is 0.594. The smallest absolute Gasteiger partial charge is 0.354 e. The first-order chi connectivity index (χ1) is 41.5. The molecule has 0 saturated carbocycles. The van der Waals surface area contributed by atoms with Crippen molar-refractivity contribution < 1.29 is 63.2 Å². The van der Waals surface area contributed by atoms with Gasteiger partial charge in [-0.25, -0.2) is 34.1 Å². The van der Waals surface area contributed by atoms with Crippen molar-refractivity contribution in [1.29, 1.82) is 0 Å². The Morgan fingerprint density at radius 3 is 1.29 bits per heavy atom. The van der Waals surface area contributed by atoms with Gasteiger partial charge in [-0.3, -0.25) is 29.1 Å². The quantitative estimate of drug-likeness (QED) is 0.0390. The number of methoxy groups -OCH3 is 1. The number of imide groups is 1. The van der Waals surface area contributed by atoms with Crippen LogP contribution in [0.25, 0.3) is 0 Å². The van der Waals surface area contributed by atoms with Crippen LogP contribution in [0.2, 0.25) is 0 Å². The molecule has 8 rings (SSSR count). The van der Waals surface area contributed by atoms with Gasteiger partial charge in [0.05, 0.1) is 30.8 Å². The molecular formula is C65H62N8O13. The van der Waals surface area contributed by atoms with Crippen LogP contribution in [-0.4, -0.2) is 151 Å². The number of carboxylic acid groups (broad SMARTS) is 3. The third-order valence-electron chi connectivity index (χ3n) is 13.6. The molecule has 6 aromatic rings. The third-order valence-corrected chi connectivity index (χ3v) is 13.6. The topological polar surface area (TPSA) is 272 Å². The Bertz CT molecular complexity index is 3670. The van der Waals surface area contributed by atoms with Crippen LogP contribution in [0, 0.1) is 42.4 Å². The van der Waals surface area contributed by atoms with Crippen LogP contribution < -0.4 is 14.8 Å². The van der Waals surface area contributed by atoms with Crippen molar-refractivity contribution in [2.45, 2.75) is 65.1 Å². The van der Waals surface area contributed by atoms with Crippen molar-refractivity contribution in [3.05, 3.63) is 182 Å². The van der Waals surface area contributed by atoms with Crippen LogP contribution in [0.4, 0.5) is 0 Å².